The average Bonchev–Trinajstić information content (AvgIpc) is 2.31. The lowest BCUT2D eigenvalue weighted by Crippen LogP contribution is -2.08. The molecule has 0 fully saturated rings. The Kier molecular flexibility index (Phi) is 6.59. The predicted molar refractivity (Wildman–Crippen MR) is 86.4 cm³/mol. The normalized spacial score (nSPS) is 10.8. The van der Waals surface area contributed by atoms with Gasteiger partial charge in [0.15, 0.2) is 0 Å². The van der Waals surface area contributed by atoms with Crippen LogP contribution in [-0.2, 0) is 6.42 Å². The molecule has 0 bridgehead atoms. The molecule has 1 aromatic carbocycles. The Labute approximate surface area is 126 Å². The van der Waals surface area contributed by atoms with E-state index in [0.29, 0.717) is 17.5 Å². The summed E-state index contributed by atoms with van der Waals surface area (Å²) in [4.78, 5) is 0.559. The lowest BCUT2D eigenvalue weighted by Gasteiger charge is -2.18. The van der Waals surface area contributed by atoms with Gasteiger partial charge >= 0.3 is 0 Å². The van der Waals surface area contributed by atoms with Gasteiger partial charge in [-0.25, -0.2) is 0 Å². The number of ether oxygens (including phenoxy) is 1. The standard InChI is InChI=1S/C15H22ClNOS/c1-4-18-15-11(6-5-7-14(17)19)8-12(16)9-13(15)10(2)3/h8-10H,4-7H2,1-3H3,(H2,17,19). The minimum absolute atomic E-state index is 0.384. The van der Waals surface area contributed by atoms with Crippen molar-refractivity contribution in [2.45, 2.75) is 46.0 Å². The third kappa shape index (κ3) is 5.00. The van der Waals surface area contributed by atoms with Gasteiger partial charge in [0, 0.05) is 5.02 Å². The molecule has 0 saturated heterocycles. The van der Waals surface area contributed by atoms with E-state index in [1.54, 1.807) is 0 Å². The monoisotopic (exact) mass is 299 g/mol. The summed E-state index contributed by atoms with van der Waals surface area (Å²) >= 11 is 11.1. The lowest BCUT2D eigenvalue weighted by atomic mass is 9.96. The Morgan fingerprint density at radius 1 is 1.42 bits per heavy atom. The molecule has 2 nitrogen and oxygen atoms in total. The first kappa shape index (κ1) is 16.3. The van der Waals surface area contributed by atoms with Crippen molar-refractivity contribution in [1.82, 2.24) is 0 Å². The molecule has 0 aliphatic carbocycles. The van der Waals surface area contributed by atoms with Crippen LogP contribution in [0.25, 0.3) is 0 Å². The zero-order valence-electron chi connectivity index (χ0n) is 11.8. The molecule has 0 aromatic heterocycles. The van der Waals surface area contributed by atoms with Crippen molar-refractivity contribution in [3.05, 3.63) is 28.3 Å². The summed E-state index contributed by atoms with van der Waals surface area (Å²) in [6.45, 7) is 6.95. The minimum Gasteiger partial charge on any atom is -0.493 e. The fraction of sp³-hybridized carbons (Fsp3) is 0.533. The molecule has 2 N–H and O–H groups in total. The fourth-order valence-corrected chi connectivity index (χ4v) is 2.45. The number of halogens is 1. The van der Waals surface area contributed by atoms with Crippen LogP contribution in [0.4, 0.5) is 0 Å². The Hall–Kier alpha value is -0.800. The Morgan fingerprint density at radius 2 is 2.11 bits per heavy atom. The van der Waals surface area contributed by atoms with Gasteiger partial charge in [0.2, 0.25) is 0 Å². The summed E-state index contributed by atoms with van der Waals surface area (Å²) < 4.78 is 5.82. The van der Waals surface area contributed by atoms with Crippen LogP contribution >= 0.6 is 23.8 Å². The number of aryl methyl sites for hydroxylation is 1. The minimum atomic E-state index is 0.384. The van der Waals surface area contributed by atoms with E-state index in [-0.39, 0.29) is 0 Å². The van der Waals surface area contributed by atoms with Crippen LogP contribution in [0.1, 0.15) is 50.7 Å². The van der Waals surface area contributed by atoms with Crippen LogP contribution in [0.2, 0.25) is 5.02 Å². The Bertz CT molecular complexity index is 446. The summed E-state index contributed by atoms with van der Waals surface area (Å²) in [5.74, 6) is 1.36. The van der Waals surface area contributed by atoms with Gasteiger partial charge in [-0.1, -0.05) is 37.7 Å². The number of hydrogen-bond acceptors (Lipinski definition) is 2. The van der Waals surface area contributed by atoms with Crippen molar-refractivity contribution in [3.63, 3.8) is 0 Å². The van der Waals surface area contributed by atoms with E-state index >= 15 is 0 Å². The highest BCUT2D eigenvalue weighted by Gasteiger charge is 2.14. The average molecular weight is 300 g/mol. The Morgan fingerprint density at radius 3 is 2.63 bits per heavy atom. The number of hydrogen-bond donors (Lipinski definition) is 1. The molecular weight excluding hydrogens is 278 g/mol. The lowest BCUT2D eigenvalue weighted by molar-refractivity contribution is 0.331. The first-order chi connectivity index (χ1) is 8.95. The van der Waals surface area contributed by atoms with Crippen molar-refractivity contribution in [2.24, 2.45) is 5.73 Å². The number of thiocarbonyl (C=S) groups is 1. The van der Waals surface area contributed by atoms with Gasteiger partial charge in [-0.3, -0.25) is 0 Å². The van der Waals surface area contributed by atoms with Crippen molar-refractivity contribution >= 4 is 28.8 Å². The maximum Gasteiger partial charge on any atom is 0.126 e. The van der Waals surface area contributed by atoms with Crippen LogP contribution < -0.4 is 10.5 Å². The molecule has 19 heavy (non-hydrogen) atoms. The molecular formula is C15H22ClNOS. The van der Waals surface area contributed by atoms with Crippen LogP contribution in [0.3, 0.4) is 0 Å². The summed E-state index contributed by atoms with van der Waals surface area (Å²) in [6.07, 6.45) is 2.56. The summed E-state index contributed by atoms with van der Waals surface area (Å²) in [5, 5.41) is 0.762. The highest BCUT2D eigenvalue weighted by Crippen LogP contribution is 2.34. The number of benzene rings is 1. The molecule has 0 saturated carbocycles. The van der Waals surface area contributed by atoms with Crippen LogP contribution in [0, 0.1) is 0 Å². The maximum atomic E-state index is 6.20. The molecule has 0 heterocycles. The van der Waals surface area contributed by atoms with E-state index in [1.165, 1.54) is 5.56 Å². The van der Waals surface area contributed by atoms with E-state index in [1.807, 2.05) is 19.1 Å². The van der Waals surface area contributed by atoms with Gasteiger partial charge in [-0.05, 0) is 55.4 Å². The zero-order chi connectivity index (χ0) is 14.4. The molecule has 0 amide bonds. The van der Waals surface area contributed by atoms with Crippen molar-refractivity contribution in [3.8, 4) is 5.75 Å². The SMILES string of the molecule is CCOc1c(CCCC(N)=S)cc(Cl)cc1C(C)C. The molecule has 0 spiro atoms. The molecule has 106 valence electrons. The van der Waals surface area contributed by atoms with E-state index < -0.39 is 0 Å². The zero-order valence-corrected chi connectivity index (χ0v) is 13.4. The van der Waals surface area contributed by atoms with E-state index in [4.69, 9.17) is 34.3 Å². The molecule has 4 heteroatoms. The third-order valence-corrected chi connectivity index (χ3v) is 3.36. The molecule has 1 aromatic rings. The second-order valence-corrected chi connectivity index (χ2v) is 5.85. The maximum absolute atomic E-state index is 6.20. The van der Waals surface area contributed by atoms with Gasteiger partial charge in [0.25, 0.3) is 0 Å². The van der Waals surface area contributed by atoms with Crippen LogP contribution in [0.5, 0.6) is 5.75 Å². The number of rotatable bonds is 7. The van der Waals surface area contributed by atoms with E-state index in [0.717, 1.165) is 35.6 Å². The van der Waals surface area contributed by atoms with Gasteiger partial charge < -0.3 is 10.5 Å². The summed E-state index contributed by atoms with van der Waals surface area (Å²) in [5.41, 5.74) is 7.85. The first-order valence-electron chi connectivity index (χ1n) is 6.69. The van der Waals surface area contributed by atoms with E-state index in [2.05, 4.69) is 13.8 Å². The summed E-state index contributed by atoms with van der Waals surface area (Å²) in [6, 6.07) is 3.98. The second-order valence-electron chi connectivity index (χ2n) is 4.89. The van der Waals surface area contributed by atoms with Crippen LogP contribution in [-0.4, -0.2) is 11.6 Å². The molecule has 0 aliphatic heterocycles. The third-order valence-electron chi connectivity index (χ3n) is 2.94. The smallest absolute Gasteiger partial charge is 0.126 e. The van der Waals surface area contributed by atoms with Crippen LogP contribution in [0.15, 0.2) is 12.1 Å². The van der Waals surface area contributed by atoms with E-state index in [9.17, 15) is 0 Å². The topological polar surface area (TPSA) is 35.2 Å². The van der Waals surface area contributed by atoms with Gasteiger partial charge in [-0.2, -0.15) is 0 Å². The Balaban J connectivity index is 3.02. The largest absolute Gasteiger partial charge is 0.493 e. The molecule has 0 atom stereocenters. The number of nitrogens with two attached hydrogens (primary N) is 1. The molecule has 1 rings (SSSR count). The quantitative estimate of drug-likeness (QED) is 0.754. The van der Waals surface area contributed by atoms with Crippen molar-refractivity contribution in [2.75, 3.05) is 6.61 Å². The van der Waals surface area contributed by atoms with Crippen molar-refractivity contribution < 1.29 is 4.74 Å². The first-order valence-corrected chi connectivity index (χ1v) is 7.47. The highest BCUT2D eigenvalue weighted by molar-refractivity contribution is 7.80. The second kappa shape index (κ2) is 7.71. The molecule has 0 unspecified atom stereocenters. The van der Waals surface area contributed by atoms with Crippen molar-refractivity contribution in [1.29, 1.82) is 0 Å². The van der Waals surface area contributed by atoms with Gasteiger partial charge in [-0.15, -0.1) is 0 Å². The van der Waals surface area contributed by atoms with Gasteiger partial charge in [0.1, 0.15) is 5.75 Å². The fourth-order valence-electron chi connectivity index (χ4n) is 2.06. The molecule has 0 aliphatic rings. The predicted octanol–water partition coefficient (Wildman–Crippen LogP) is 4.47. The molecule has 0 radical (unpaired) electrons. The van der Waals surface area contributed by atoms with Gasteiger partial charge in [0.05, 0.1) is 11.6 Å². The summed E-state index contributed by atoms with van der Waals surface area (Å²) in [7, 11) is 0. The highest BCUT2D eigenvalue weighted by atomic mass is 35.5.